The van der Waals surface area contributed by atoms with Crippen LogP contribution < -0.4 is 69.7 Å². The highest BCUT2D eigenvalue weighted by Crippen LogP contribution is 2.54. The van der Waals surface area contributed by atoms with E-state index >= 15 is 0 Å². The van der Waals surface area contributed by atoms with Crippen LogP contribution in [-0.4, -0.2) is 56.9 Å². The Kier molecular flexibility index (Phi) is 20.1. The Hall–Kier alpha value is -5.42. The van der Waals surface area contributed by atoms with Gasteiger partial charge in [-0.3, -0.25) is 0 Å². The van der Waals surface area contributed by atoms with Crippen molar-refractivity contribution in [3.05, 3.63) is 117 Å². The van der Waals surface area contributed by atoms with E-state index in [9.17, 15) is 0 Å². The first kappa shape index (κ1) is 69.7. The van der Waals surface area contributed by atoms with E-state index in [1.807, 2.05) is 40.6 Å². The molecule has 0 bridgehead atoms. The van der Waals surface area contributed by atoms with E-state index in [0.29, 0.717) is 23.0 Å². The molecule has 0 fully saturated rings. The molecule has 0 saturated heterocycles. The lowest BCUT2D eigenvalue weighted by Gasteiger charge is -2.35. The predicted octanol–water partition coefficient (Wildman–Crippen LogP) is 17.3. The Balaban J connectivity index is 2.09. The van der Waals surface area contributed by atoms with E-state index in [4.69, 9.17) is 37.9 Å². The average molecular weight is 1210 g/mol. The third-order valence-electron chi connectivity index (χ3n) is 16.4. The van der Waals surface area contributed by atoms with Crippen LogP contribution in [0.25, 0.3) is 11.1 Å². The molecule has 0 aliphatic carbocycles. The molecule has 470 valence electrons. The smallest absolute Gasteiger partial charge is 0.131 e. The van der Waals surface area contributed by atoms with Gasteiger partial charge in [0.1, 0.15) is 46.0 Å². The van der Waals surface area contributed by atoms with Crippen LogP contribution in [0.1, 0.15) is 211 Å². The molecule has 86 heavy (non-hydrogen) atoms. The maximum Gasteiger partial charge on any atom is 0.131 e. The van der Waals surface area contributed by atoms with Gasteiger partial charge in [0.15, 0.2) is 0 Å². The predicted molar refractivity (Wildman–Crippen MR) is 371 cm³/mol. The van der Waals surface area contributed by atoms with Gasteiger partial charge >= 0.3 is 0 Å². The number of rotatable bonds is 15. The van der Waals surface area contributed by atoms with Gasteiger partial charge < -0.3 is 37.9 Å². The second-order valence-electron chi connectivity index (χ2n) is 31.4. The van der Waals surface area contributed by atoms with Crippen LogP contribution in [0.2, 0.25) is 0 Å². The van der Waals surface area contributed by atoms with Gasteiger partial charge in [-0.25, -0.2) is 0 Å². The van der Waals surface area contributed by atoms with Crippen LogP contribution >= 0.6 is 15.8 Å². The third kappa shape index (κ3) is 14.2. The lowest BCUT2D eigenvalue weighted by atomic mass is 9.79. The molecule has 0 aliphatic rings. The molecule has 6 aromatic carbocycles. The highest BCUT2D eigenvalue weighted by atomic mass is 31.1. The molecule has 0 unspecified atom stereocenters. The molecule has 0 aromatic heterocycles. The summed E-state index contributed by atoms with van der Waals surface area (Å²) in [6, 6.07) is 28.0. The molecule has 0 heterocycles. The fourth-order valence-electron chi connectivity index (χ4n) is 11.7. The standard InChI is InChI=1S/C76H108O8P2/c1-69(2,3)51-37-47(38-52(65(51)81-29)70(4,5)6)85(48-39-53(71(7,8)9)66(82-30)54(40-48)72(10,11)12)61-35-45(77-25)33-59(79-27)63(61)64-60(80-28)34-46(78-26)36-62(64)86(49-41-55(73(13,14)15)67(83-31)56(42-49)74(16,17)18)50-43-57(75(19,20)21)68(84-32)58(44-50)76(22,23)24/h33-44H,1-32H3. The van der Waals surface area contributed by atoms with Gasteiger partial charge in [-0.1, -0.05) is 166 Å². The lowest BCUT2D eigenvalue weighted by molar-refractivity contribution is 0.381. The van der Waals surface area contributed by atoms with Crippen molar-refractivity contribution in [2.75, 3.05) is 56.9 Å². The minimum atomic E-state index is -1.57. The lowest BCUT2D eigenvalue weighted by Crippen LogP contribution is -2.31. The van der Waals surface area contributed by atoms with E-state index < -0.39 is 15.8 Å². The van der Waals surface area contributed by atoms with Crippen molar-refractivity contribution in [3.8, 4) is 57.1 Å². The third-order valence-corrected chi connectivity index (χ3v) is 21.1. The van der Waals surface area contributed by atoms with E-state index in [1.165, 1.54) is 0 Å². The Bertz CT molecular complexity index is 2900. The molecular formula is C76H108O8P2. The average Bonchev–Trinajstić information content (AvgIpc) is 0.753. The number of methoxy groups -OCH3 is 8. The van der Waals surface area contributed by atoms with E-state index in [2.05, 4.69) is 227 Å². The van der Waals surface area contributed by atoms with Crippen LogP contribution in [0, 0.1) is 0 Å². The normalized spacial score (nSPS) is 13.1. The van der Waals surface area contributed by atoms with Gasteiger partial charge in [-0.15, -0.1) is 0 Å². The summed E-state index contributed by atoms with van der Waals surface area (Å²) >= 11 is 0. The van der Waals surface area contributed by atoms with E-state index in [0.717, 1.165) is 110 Å². The second kappa shape index (κ2) is 24.9. The van der Waals surface area contributed by atoms with Gasteiger partial charge in [0.2, 0.25) is 0 Å². The van der Waals surface area contributed by atoms with Crippen molar-refractivity contribution in [3.63, 3.8) is 0 Å². The summed E-state index contributed by atoms with van der Waals surface area (Å²) in [6.45, 7) is 54.8. The highest BCUT2D eigenvalue weighted by molar-refractivity contribution is 7.81. The van der Waals surface area contributed by atoms with Crippen molar-refractivity contribution in [1.82, 2.24) is 0 Å². The summed E-state index contributed by atoms with van der Waals surface area (Å²) in [4.78, 5) is 0. The zero-order valence-corrected chi connectivity index (χ0v) is 60.9. The number of ether oxygens (including phenoxy) is 8. The SMILES string of the molecule is COc1cc(OC)c(-c2c(OC)cc(OC)cc2P(c2cc(C(C)(C)C)c(OC)c(C(C)(C)C)c2)c2cc(C(C)(C)C)c(OC)c(C(C)(C)C)c2)c(P(c2cc(C(C)(C)C)c(OC)c(C(C)(C)C)c2)c2cc(C(C)(C)C)c(OC)c(C(C)(C)C)c2)c1. The summed E-state index contributed by atoms with van der Waals surface area (Å²) in [5.41, 5.74) is 8.39. The van der Waals surface area contributed by atoms with Crippen molar-refractivity contribution in [1.29, 1.82) is 0 Å². The largest absolute Gasteiger partial charge is 0.497 e. The topological polar surface area (TPSA) is 73.8 Å². The first-order valence-electron chi connectivity index (χ1n) is 30.4. The first-order valence-corrected chi connectivity index (χ1v) is 33.1. The van der Waals surface area contributed by atoms with Crippen molar-refractivity contribution < 1.29 is 37.9 Å². The molecule has 10 heteroatoms. The maximum absolute atomic E-state index is 6.89. The Morgan fingerprint density at radius 2 is 0.395 bits per heavy atom. The molecule has 0 aliphatic heterocycles. The molecule has 6 aromatic rings. The van der Waals surface area contributed by atoms with Crippen molar-refractivity contribution >= 4 is 47.7 Å². The number of hydrogen-bond acceptors (Lipinski definition) is 8. The molecule has 0 N–H and O–H groups in total. The van der Waals surface area contributed by atoms with Crippen molar-refractivity contribution in [2.24, 2.45) is 0 Å². The summed E-state index contributed by atoms with van der Waals surface area (Å²) in [6.07, 6.45) is 0. The van der Waals surface area contributed by atoms with Crippen LogP contribution in [0.15, 0.2) is 72.8 Å². The Morgan fingerprint density at radius 1 is 0.221 bits per heavy atom. The summed E-state index contributed by atoms with van der Waals surface area (Å²) in [5.74, 6) is 6.27. The fourth-order valence-corrected chi connectivity index (χ4v) is 16.9. The van der Waals surface area contributed by atoms with Crippen molar-refractivity contribution in [2.45, 2.75) is 209 Å². The van der Waals surface area contributed by atoms with Crippen LogP contribution in [0.3, 0.4) is 0 Å². The summed E-state index contributed by atoms with van der Waals surface area (Å²) < 4.78 is 52.8. The maximum atomic E-state index is 6.89. The quantitative estimate of drug-likeness (QED) is 0.0942. The minimum absolute atomic E-state index is 0.307. The molecule has 6 rings (SSSR count). The van der Waals surface area contributed by atoms with Gasteiger partial charge in [0.05, 0.1) is 56.9 Å². The molecule has 0 radical (unpaired) electrons. The van der Waals surface area contributed by atoms with Gasteiger partial charge in [-0.2, -0.15) is 0 Å². The first-order chi connectivity index (χ1) is 39.4. The number of hydrogen-bond donors (Lipinski definition) is 0. The molecule has 0 amide bonds. The van der Waals surface area contributed by atoms with Crippen LogP contribution in [-0.2, 0) is 43.3 Å². The Morgan fingerprint density at radius 3 is 0.523 bits per heavy atom. The number of benzene rings is 6. The molecular weight excluding hydrogens is 1100 g/mol. The fraction of sp³-hybridized carbons (Fsp3) is 0.526. The second-order valence-corrected chi connectivity index (χ2v) is 35.8. The highest BCUT2D eigenvalue weighted by Gasteiger charge is 2.40. The molecule has 0 spiro atoms. The Labute approximate surface area is 523 Å². The zero-order valence-electron chi connectivity index (χ0n) is 59.1. The zero-order chi connectivity index (χ0) is 65.2. The van der Waals surface area contributed by atoms with Gasteiger partial charge in [-0.05, 0) is 141 Å². The summed E-state index contributed by atoms with van der Waals surface area (Å²) in [7, 11) is 11.2. The molecule has 0 atom stereocenters. The summed E-state index contributed by atoms with van der Waals surface area (Å²) in [5, 5.41) is 6.71. The van der Waals surface area contributed by atoms with E-state index in [1.54, 1.807) is 28.4 Å². The van der Waals surface area contributed by atoms with Crippen LogP contribution in [0.4, 0.5) is 0 Å². The monoisotopic (exact) mass is 1210 g/mol. The molecule has 0 saturated carbocycles. The van der Waals surface area contributed by atoms with Crippen LogP contribution in [0.5, 0.6) is 46.0 Å². The van der Waals surface area contributed by atoms with Gasteiger partial charge in [0.25, 0.3) is 0 Å². The van der Waals surface area contributed by atoms with E-state index in [-0.39, 0.29) is 43.3 Å². The minimum Gasteiger partial charge on any atom is -0.497 e. The van der Waals surface area contributed by atoms with Gasteiger partial charge in [0, 0.05) is 78.4 Å². The molecule has 8 nitrogen and oxygen atoms in total.